The Balaban J connectivity index is 1.90. The number of phenolic OH excluding ortho intramolecular Hbond substituents is 1. The van der Waals surface area contributed by atoms with Crippen molar-refractivity contribution in [3.63, 3.8) is 0 Å². The van der Waals surface area contributed by atoms with Crippen molar-refractivity contribution in [2.75, 3.05) is 0 Å². The summed E-state index contributed by atoms with van der Waals surface area (Å²) >= 11 is 1.68. The number of aryl methyl sites for hydroxylation is 1. The standard InChI is InChI=1S/C13H14FNOS/c1-9-7-17-8-11(9)6-15-5-10-2-3-13(16)12(14)4-10/h2-4,7-8,15-16H,5-6H2,1H3. The van der Waals surface area contributed by atoms with E-state index in [4.69, 9.17) is 5.11 Å². The van der Waals surface area contributed by atoms with Crippen LogP contribution in [0.15, 0.2) is 29.0 Å². The monoisotopic (exact) mass is 251 g/mol. The summed E-state index contributed by atoms with van der Waals surface area (Å²) < 4.78 is 13.1. The van der Waals surface area contributed by atoms with E-state index in [1.807, 2.05) is 0 Å². The predicted octanol–water partition coefficient (Wildman–Crippen LogP) is 3.19. The van der Waals surface area contributed by atoms with E-state index >= 15 is 0 Å². The second kappa shape index (κ2) is 5.29. The van der Waals surface area contributed by atoms with Crippen molar-refractivity contribution in [2.45, 2.75) is 20.0 Å². The normalized spacial score (nSPS) is 10.7. The molecular weight excluding hydrogens is 237 g/mol. The lowest BCUT2D eigenvalue weighted by Crippen LogP contribution is -2.12. The average molecular weight is 251 g/mol. The molecule has 1 heterocycles. The Morgan fingerprint density at radius 1 is 1.29 bits per heavy atom. The molecule has 2 rings (SSSR count). The molecule has 0 radical (unpaired) electrons. The van der Waals surface area contributed by atoms with Gasteiger partial charge in [-0.05, 0) is 46.5 Å². The molecule has 0 saturated heterocycles. The lowest BCUT2D eigenvalue weighted by molar-refractivity contribution is 0.431. The Hall–Kier alpha value is -1.39. The SMILES string of the molecule is Cc1cscc1CNCc1ccc(O)c(F)c1. The summed E-state index contributed by atoms with van der Waals surface area (Å²) in [6, 6.07) is 4.44. The van der Waals surface area contributed by atoms with Crippen LogP contribution in [-0.2, 0) is 13.1 Å². The van der Waals surface area contributed by atoms with E-state index in [2.05, 4.69) is 23.0 Å². The fraction of sp³-hybridized carbons (Fsp3) is 0.231. The number of hydrogen-bond acceptors (Lipinski definition) is 3. The van der Waals surface area contributed by atoms with Crippen LogP contribution < -0.4 is 5.32 Å². The molecule has 2 aromatic rings. The van der Waals surface area contributed by atoms with Gasteiger partial charge < -0.3 is 10.4 Å². The molecule has 0 aliphatic rings. The maximum Gasteiger partial charge on any atom is 0.165 e. The van der Waals surface area contributed by atoms with Crippen molar-refractivity contribution in [3.8, 4) is 5.75 Å². The number of nitrogens with one attached hydrogen (secondary N) is 1. The summed E-state index contributed by atoms with van der Waals surface area (Å²) in [6.45, 7) is 3.44. The third-order valence-electron chi connectivity index (χ3n) is 2.62. The van der Waals surface area contributed by atoms with Crippen molar-refractivity contribution in [3.05, 3.63) is 51.5 Å². The van der Waals surface area contributed by atoms with Gasteiger partial charge in [-0.3, -0.25) is 0 Å². The first-order valence-corrected chi connectivity index (χ1v) is 6.31. The second-order valence-electron chi connectivity index (χ2n) is 3.97. The van der Waals surface area contributed by atoms with E-state index in [0.29, 0.717) is 6.54 Å². The molecule has 2 nitrogen and oxygen atoms in total. The largest absolute Gasteiger partial charge is 0.505 e. The lowest BCUT2D eigenvalue weighted by atomic mass is 10.2. The summed E-state index contributed by atoms with van der Waals surface area (Å²) in [5, 5.41) is 16.5. The highest BCUT2D eigenvalue weighted by molar-refractivity contribution is 7.08. The van der Waals surface area contributed by atoms with E-state index in [0.717, 1.165) is 12.1 Å². The van der Waals surface area contributed by atoms with Crippen molar-refractivity contribution in [2.24, 2.45) is 0 Å². The number of hydrogen-bond donors (Lipinski definition) is 2. The first-order valence-electron chi connectivity index (χ1n) is 5.36. The Kier molecular flexibility index (Phi) is 3.76. The Labute approximate surface area is 104 Å². The first kappa shape index (κ1) is 12.1. The molecule has 90 valence electrons. The van der Waals surface area contributed by atoms with Gasteiger partial charge in [0.05, 0.1) is 0 Å². The third kappa shape index (κ3) is 3.05. The molecule has 17 heavy (non-hydrogen) atoms. The first-order chi connectivity index (χ1) is 8.16. The van der Waals surface area contributed by atoms with Crippen LogP contribution in [-0.4, -0.2) is 5.11 Å². The van der Waals surface area contributed by atoms with Crippen molar-refractivity contribution < 1.29 is 9.50 Å². The fourth-order valence-electron chi connectivity index (χ4n) is 1.57. The molecule has 0 aliphatic carbocycles. The van der Waals surface area contributed by atoms with Crippen LogP contribution in [0.4, 0.5) is 4.39 Å². The van der Waals surface area contributed by atoms with Crippen LogP contribution in [0.25, 0.3) is 0 Å². The van der Waals surface area contributed by atoms with E-state index in [1.54, 1.807) is 17.4 Å². The minimum absolute atomic E-state index is 0.303. The molecule has 4 heteroatoms. The highest BCUT2D eigenvalue weighted by Crippen LogP contribution is 2.16. The molecule has 0 atom stereocenters. The predicted molar refractivity (Wildman–Crippen MR) is 67.7 cm³/mol. The van der Waals surface area contributed by atoms with Crippen LogP contribution in [0.5, 0.6) is 5.75 Å². The zero-order valence-electron chi connectivity index (χ0n) is 9.53. The molecule has 0 aliphatic heterocycles. The smallest absolute Gasteiger partial charge is 0.165 e. The zero-order chi connectivity index (χ0) is 12.3. The summed E-state index contributed by atoms with van der Waals surface area (Å²) in [5.74, 6) is -0.876. The van der Waals surface area contributed by atoms with Gasteiger partial charge in [0.15, 0.2) is 11.6 Å². The van der Waals surface area contributed by atoms with Gasteiger partial charge in [0, 0.05) is 13.1 Å². The number of phenols is 1. The Morgan fingerprint density at radius 3 is 2.76 bits per heavy atom. The molecule has 0 fully saturated rings. The summed E-state index contributed by atoms with van der Waals surface area (Å²) in [7, 11) is 0. The second-order valence-corrected chi connectivity index (χ2v) is 4.71. The van der Waals surface area contributed by atoms with Crippen LogP contribution in [0, 0.1) is 12.7 Å². The number of rotatable bonds is 4. The number of aromatic hydroxyl groups is 1. The summed E-state index contributed by atoms with van der Waals surface area (Å²) in [5.41, 5.74) is 3.38. The van der Waals surface area contributed by atoms with Crippen molar-refractivity contribution in [1.82, 2.24) is 5.32 Å². The molecular formula is C13H14FNOS. The van der Waals surface area contributed by atoms with E-state index in [9.17, 15) is 4.39 Å². The Morgan fingerprint density at radius 2 is 2.12 bits per heavy atom. The zero-order valence-corrected chi connectivity index (χ0v) is 10.4. The highest BCUT2D eigenvalue weighted by atomic mass is 32.1. The van der Waals surface area contributed by atoms with Gasteiger partial charge >= 0.3 is 0 Å². The topological polar surface area (TPSA) is 32.3 Å². The van der Waals surface area contributed by atoms with Crippen molar-refractivity contribution in [1.29, 1.82) is 0 Å². The van der Waals surface area contributed by atoms with Gasteiger partial charge in [0.1, 0.15) is 0 Å². The lowest BCUT2D eigenvalue weighted by Gasteiger charge is -2.05. The highest BCUT2D eigenvalue weighted by Gasteiger charge is 2.02. The molecule has 2 N–H and O–H groups in total. The molecule has 0 unspecified atom stereocenters. The maximum atomic E-state index is 13.1. The van der Waals surface area contributed by atoms with Crippen LogP contribution >= 0.6 is 11.3 Å². The van der Waals surface area contributed by atoms with Gasteiger partial charge in [-0.25, -0.2) is 4.39 Å². The maximum absolute atomic E-state index is 13.1. The molecule has 1 aromatic carbocycles. The average Bonchev–Trinajstić information content (AvgIpc) is 2.70. The van der Waals surface area contributed by atoms with E-state index in [-0.39, 0.29) is 5.75 Å². The molecule has 0 spiro atoms. The number of halogens is 1. The van der Waals surface area contributed by atoms with Crippen LogP contribution in [0.1, 0.15) is 16.7 Å². The van der Waals surface area contributed by atoms with Crippen LogP contribution in [0.2, 0.25) is 0 Å². The van der Waals surface area contributed by atoms with Crippen LogP contribution in [0.3, 0.4) is 0 Å². The molecule has 0 saturated carbocycles. The summed E-state index contributed by atoms with van der Waals surface area (Å²) in [6.07, 6.45) is 0. The molecule has 0 amide bonds. The number of benzene rings is 1. The Bertz CT molecular complexity index is 510. The number of thiophene rings is 1. The van der Waals surface area contributed by atoms with Gasteiger partial charge in [-0.1, -0.05) is 6.07 Å². The quantitative estimate of drug-likeness (QED) is 0.874. The van der Waals surface area contributed by atoms with E-state index in [1.165, 1.54) is 23.3 Å². The van der Waals surface area contributed by atoms with E-state index < -0.39 is 5.82 Å². The van der Waals surface area contributed by atoms with Gasteiger partial charge in [0.25, 0.3) is 0 Å². The van der Waals surface area contributed by atoms with Gasteiger partial charge in [0.2, 0.25) is 0 Å². The molecule has 1 aromatic heterocycles. The van der Waals surface area contributed by atoms with Crippen molar-refractivity contribution >= 4 is 11.3 Å². The molecule has 0 bridgehead atoms. The minimum Gasteiger partial charge on any atom is -0.505 e. The van der Waals surface area contributed by atoms with Gasteiger partial charge in [-0.2, -0.15) is 11.3 Å². The summed E-state index contributed by atoms with van der Waals surface area (Å²) in [4.78, 5) is 0. The minimum atomic E-state index is -0.573. The fourth-order valence-corrected chi connectivity index (χ4v) is 2.43. The van der Waals surface area contributed by atoms with Gasteiger partial charge in [-0.15, -0.1) is 0 Å². The third-order valence-corrected chi connectivity index (χ3v) is 3.53.